The van der Waals surface area contributed by atoms with Gasteiger partial charge in [-0.2, -0.15) is 0 Å². The molecule has 1 heterocycles. The van der Waals surface area contributed by atoms with Gasteiger partial charge in [-0.1, -0.05) is 6.92 Å². The number of thiophene rings is 1. The van der Waals surface area contributed by atoms with Crippen molar-refractivity contribution in [3.05, 3.63) is 16.3 Å². The van der Waals surface area contributed by atoms with Crippen molar-refractivity contribution in [2.45, 2.75) is 13.3 Å². The Morgan fingerprint density at radius 2 is 2.27 bits per heavy atom. The van der Waals surface area contributed by atoms with E-state index in [4.69, 9.17) is 14.6 Å². The first kappa shape index (κ1) is 12.0. The second-order valence-corrected chi connectivity index (χ2v) is 3.80. The maximum atomic E-state index is 10.7. The molecule has 0 spiro atoms. The van der Waals surface area contributed by atoms with Gasteiger partial charge in [-0.05, 0) is 17.9 Å². The quantitative estimate of drug-likeness (QED) is 0.730. The summed E-state index contributed by atoms with van der Waals surface area (Å²) in [6.45, 7) is 3.61. The van der Waals surface area contributed by atoms with Crippen LogP contribution in [0.2, 0.25) is 0 Å². The highest BCUT2D eigenvalue weighted by Crippen LogP contribution is 2.24. The van der Waals surface area contributed by atoms with E-state index in [-0.39, 0.29) is 4.88 Å². The highest BCUT2D eigenvalue weighted by atomic mass is 32.1. The fourth-order valence-electron chi connectivity index (χ4n) is 1.02. The molecular formula is C10H14O4S. The molecule has 15 heavy (non-hydrogen) atoms. The smallest absolute Gasteiger partial charge is 0.349 e. The van der Waals surface area contributed by atoms with E-state index in [0.717, 1.165) is 17.8 Å². The zero-order chi connectivity index (χ0) is 11.1. The summed E-state index contributed by atoms with van der Waals surface area (Å²) < 4.78 is 10.5. The van der Waals surface area contributed by atoms with E-state index in [1.165, 1.54) is 0 Å². The second-order valence-electron chi connectivity index (χ2n) is 2.88. The average molecular weight is 230 g/mol. The molecule has 0 aliphatic carbocycles. The molecule has 0 saturated carbocycles. The van der Waals surface area contributed by atoms with E-state index >= 15 is 0 Å². The van der Waals surface area contributed by atoms with E-state index in [2.05, 4.69) is 0 Å². The molecule has 0 aromatic carbocycles. The number of carboxylic acid groups (broad SMARTS) is 1. The highest BCUT2D eigenvalue weighted by Gasteiger charge is 2.12. The number of hydrogen-bond acceptors (Lipinski definition) is 4. The van der Waals surface area contributed by atoms with E-state index in [1.807, 2.05) is 6.92 Å². The molecule has 1 aromatic rings. The molecule has 0 saturated heterocycles. The van der Waals surface area contributed by atoms with Crippen LogP contribution < -0.4 is 4.74 Å². The van der Waals surface area contributed by atoms with Gasteiger partial charge in [0.1, 0.15) is 12.4 Å². The molecule has 0 bridgehead atoms. The number of aromatic carboxylic acids is 1. The summed E-state index contributed by atoms with van der Waals surface area (Å²) in [6, 6.07) is 1.66. The Kier molecular flexibility index (Phi) is 5.14. The van der Waals surface area contributed by atoms with Crippen LogP contribution in [0.1, 0.15) is 23.0 Å². The normalized spacial score (nSPS) is 10.2. The van der Waals surface area contributed by atoms with Crippen LogP contribution in [-0.2, 0) is 4.74 Å². The molecule has 4 nitrogen and oxygen atoms in total. The third-order valence-corrected chi connectivity index (χ3v) is 2.54. The topological polar surface area (TPSA) is 55.8 Å². The van der Waals surface area contributed by atoms with Gasteiger partial charge in [-0.25, -0.2) is 4.79 Å². The van der Waals surface area contributed by atoms with Crippen molar-refractivity contribution >= 4 is 17.3 Å². The summed E-state index contributed by atoms with van der Waals surface area (Å²) in [4.78, 5) is 11.0. The van der Waals surface area contributed by atoms with Crippen LogP contribution in [0.5, 0.6) is 5.75 Å². The predicted octanol–water partition coefficient (Wildman–Crippen LogP) is 2.25. The van der Waals surface area contributed by atoms with Crippen LogP contribution in [0.4, 0.5) is 0 Å². The Bertz CT molecular complexity index is 308. The van der Waals surface area contributed by atoms with Gasteiger partial charge in [0.15, 0.2) is 4.88 Å². The van der Waals surface area contributed by atoms with Gasteiger partial charge in [0.2, 0.25) is 0 Å². The Labute approximate surface area is 92.4 Å². The Morgan fingerprint density at radius 3 is 2.93 bits per heavy atom. The Morgan fingerprint density at radius 1 is 1.47 bits per heavy atom. The molecule has 84 valence electrons. The molecule has 0 atom stereocenters. The second kappa shape index (κ2) is 6.42. The first-order valence-corrected chi connectivity index (χ1v) is 5.65. The van der Waals surface area contributed by atoms with Gasteiger partial charge in [-0.15, -0.1) is 11.3 Å². The summed E-state index contributed by atoms with van der Waals surface area (Å²) in [6.07, 6.45) is 0.971. The van der Waals surface area contributed by atoms with Crippen LogP contribution in [0.3, 0.4) is 0 Å². The Hall–Kier alpha value is -1.07. The van der Waals surface area contributed by atoms with E-state index in [1.54, 1.807) is 11.4 Å². The monoisotopic (exact) mass is 230 g/mol. The number of rotatable bonds is 7. The largest absolute Gasteiger partial charge is 0.489 e. The summed E-state index contributed by atoms with van der Waals surface area (Å²) in [5, 5.41) is 10.5. The summed E-state index contributed by atoms with van der Waals surface area (Å²) in [5.74, 6) is -0.526. The first-order valence-electron chi connectivity index (χ1n) is 4.77. The zero-order valence-electron chi connectivity index (χ0n) is 8.56. The molecule has 1 rings (SSSR count). The third kappa shape index (κ3) is 3.89. The lowest BCUT2D eigenvalue weighted by Crippen LogP contribution is -2.08. The van der Waals surface area contributed by atoms with E-state index < -0.39 is 5.97 Å². The summed E-state index contributed by atoms with van der Waals surface area (Å²) in [7, 11) is 0. The standard InChI is InChI=1S/C10H14O4S/c1-2-4-13-5-6-14-8-3-7-15-9(8)10(11)12/h3,7H,2,4-6H2,1H3,(H,11,12). The fourth-order valence-corrected chi connectivity index (χ4v) is 1.70. The van der Waals surface area contributed by atoms with E-state index in [9.17, 15) is 4.79 Å². The minimum Gasteiger partial charge on any atom is -0.489 e. The van der Waals surface area contributed by atoms with Crippen LogP contribution in [0.15, 0.2) is 11.4 Å². The molecule has 1 N–H and O–H groups in total. The molecule has 0 unspecified atom stereocenters. The van der Waals surface area contributed by atoms with Gasteiger partial charge in [0, 0.05) is 6.61 Å². The predicted molar refractivity (Wildman–Crippen MR) is 57.9 cm³/mol. The van der Waals surface area contributed by atoms with E-state index in [0.29, 0.717) is 25.6 Å². The van der Waals surface area contributed by atoms with Gasteiger partial charge in [-0.3, -0.25) is 0 Å². The maximum Gasteiger partial charge on any atom is 0.349 e. The number of ether oxygens (including phenoxy) is 2. The number of carbonyl (C=O) groups is 1. The molecule has 0 amide bonds. The zero-order valence-corrected chi connectivity index (χ0v) is 9.38. The average Bonchev–Trinajstić information content (AvgIpc) is 2.66. The molecule has 0 aliphatic rings. The summed E-state index contributed by atoms with van der Waals surface area (Å²) in [5.41, 5.74) is 0. The van der Waals surface area contributed by atoms with Gasteiger partial charge in [0.05, 0.1) is 6.61 Å². The van der Waals surface area contributed by atoms with Crippen molar-refractivity contribution < 1.29 is 19.4 Å². The van der Waals surface area contributed by atoms with Crippen LogP contribution in [0.25, 0.3) is 0 Å². The van der Waals surface area contributed by atoms with Gasteiger partial charge >= 0.3 is 5.97 Å². The molecule has 0 aliphatic heterocycles. The van der Waals surface area contributed by atoms with Crippen molar-refractivity contribution in [3.63, 3.8) is 0 Å². The Balaban J connectivity index is 2.31. The number of hydrogen-bond donors (Lipinski definition) is 1. The van der Waals surface area contributed by atoms with Gasteiger partial charge in [0.25, 0.3) is 0 Å². The number of carboxylic acids is 1. The highest BCUT2D eigenvalue weighted by molar-refractivity contribution is 7.12. The van der Waals surface area contributed by atoms with Crippen molar-refractivity contribution in [1.82, 2.24) is 0 Å². The van der Waals surface area contributed by atoms with Crippen LogP contribution in [-0.4, -0.2) is 30.9 Å². The molecular weight excluding hydrogens is 216 g/mol. The van der Waals surface area contributed by atoms with Crippen molar-refractivity contribution in [3.8, 4) is 5.75 Å². The lowest BCUT2D eigenvalue weighted by molar-refractivity contribution is 0.0692. The molecule has 0 fully saturated rings. The molecule has 1 aromatic heterocycles. The van der Waals surface area contributed by atoms with Crippen molar-refractivity contribution in [2.24, 2.45) is 0 Å². The lowest BCUT2D eigenvalue weighted by atomic mass is 10.4. The van der Waals surface area contributed by atoms with Crippen molar-refractivity contribution in [1.29, 1.82) is 0 Å². The minimum absolute atomic E-state index is 0.241. The third-order valence-electron chi connectivity index (χ3n) is 1.66. The maximum absolute atomic E-state index is 10.7. The fraction of sp³-hybridized carbons (Fsp3) is 0.500. The SMILES string of the molecule is CCCOCCOc1ccsc1C(=O)O. The summed E-state index contributed by atoms with van der Waals surface area (Å²) >= 11 is 1.16. The van der Waals surface area contributed by atoms with Crippen molar-refractivity contribution in [2.75, 3.05) is 19.8 Å². The van der Waals surface area contributed by atoms with Crippen LogP contribution >= 0.6 is 11.3 Å². The molecule has 5 heteroatoms. The minimum atomic E-state index is -0.950. The van der Waals surface area contributed by atoms with Crippen LogP contribution in [0, 0.1) is 0 Å². The lowest BCUT2D eigenvalue weighted by Gasteiger charge is -2.05. The molecule has 0 radical (unpaired) electrons. The first-order chi connectivity index (χ1) is 7.25. The van der Waals surface area contributed by atoms with Gasteiger partial charge < -0.3 is 14.6 Å².